The molecule has 158 valence electrons. The van der Waals surface area contributed by atoms with Crippen molar-refractivity contribution in [3.8, 4) is 11.4 Å². The van der Waals surface area contributed by atoms with Crippen molar-refractivity contribution < 1.29 is 9.53 Å². The Hall–Kier alpha value is -4.04. The number of rotatable bonds is 2. The fraction of sp³-hybridized carbons (Fsp3) is 0.167. The largest absolute Gasteiger partial charge is 0.375 e. The lowest BCUT2D eigenvalue weighted by Gasteiger charge is -2.43. The summed E-state index contributed by atoms with van der Waals surface area (Å²) in [6.45, 7) is 1.69. The van der Waals surface area contributed by atoms with E-state index in [9.17, 15) is 9.59 Å². The summed E-state index contributed by atoms with van der Waals surface area (Å²) in [6.07, 6.45) is 1.33. The molecule has 8 nitrogen and oxygen atoms in total. The van der Waals surface area contributed by atoms with Gasteiger partial charge in [0.25, 0.3) is 11.5 Å². The molecule has 4 aromatic rings. The number of para-hydroxylation sites is 2. The number of fused-ring (bicyclic) bond motifs is 7. The summed E-state index contributed by atoms with van der Waals surface area (Å²) in [5.74, 6) is 0.616. The van der Waals surface area contributed by atoms with Gasteiger partial charge >= 0.3 is 0 Å². The second kappa shape index (κ2) is 7.28. The van der Waals surface area contributed by atoms with E-state index in [-0.39, 0.29) is 17.6 Å². The lowest BCUT2D eigenvalue weighted by molar-refractivity contribution is 0.0709. The van der Waals surface area contributed by atoms with Gasteiger partial charge in [-0.05, 0) is 36.4 Å². The van der Waals surface area contributed by atoms with Crippen LogP contribution < -0.4 is 15.8 Å². The number of pyridine rings is 1. The summed E-state index contributed by atoms with van der Waals surface area (Å²) in [7, 11) is 0. The maximum atomic E-state index is 13.7. The van der Waals surface area contributed by atoms with E-state index in [4.69, 9.17) is 9.72 Å². The molecular formula is C24H19N5O3. The zero-order valence-electron chi connectivity index (χ0n) is 17.1. The summed E-state index contributed by atoms with van der Waals surface area (Å²) in [4.78, 5) is 37.9. The van der Waals surface area contributed by atoms with Gasteiger partial charge in [-0.2, -0.15) is 0 Å². The van der Waals surface area contributed by atoms with E-state index in [0.717, 1.165) is 11.3 Å². The van der Waals surface area contributed by atoms with Crippen molar-refractivity contribution in [1.82, 2.24) is 14.5 Å². The molecule has 1 unspecified atom stereocenters. The van der Waals surface area contributed by atoms with Crippen LogP contribution in [0.15, 0.2) is 71.7 Å². The Kier molecular flexibility index (Phi) is 4.26. The molecule has 2 aromatic carbocycles. The van der Waals surface area contributed by atoms with E-state index in [2.05, 4.69) is 15.2 Å². The summed E-state index contributed by atoms with van der Waals surface area (Å²) < 4.78 is 7.40. The number of carbonyl (C=O) groups is 1. The molecule has 6 rings (SSSR count). The van der Waals surface area contributed by atoms with Crippen molar-refractivity contribution in [3.63, 3.8) is 0 Å². The lowest BCUT2D eigenvalue weighted by Crippen LogP contribution is -2.49. The summed E-state index contributed by atoms with van der Waals surface area (Å²) >= 11 is 0. The first-order valence-electron chi connectivity index (χ1n) is 10.4. The van der Waals surface area contributed by atoms with Gasteiger partial charge in [-0.3, -0.25) is 14.2 Å². The van der Waals surface area contributed by atoms with Crippen LogP contribution in [0.1, 0.15) is 16.5 Å². The average Bonchev–Trinajstić information content (AvgIpc) is 2.84. The van der Waals surface area contributed by atoms with Crippen molar-refractivity contribution in [2.24, 2.45) is 0 Å². The number of nitrogens with zero attached hydrogens (tertiary/aromatic N) is 4. The van der Waals surface area contributed by atoms with Gasteiger partial charge in [-0.1, -0.05) is 24.3 Å². The first kappa shape index (κ1) is 18.7. The molecule has 0 radical (unpaired) electrons. The van der Waals surface area contributed by atoms with Crippen LogP contribution in [0.25, 0.3) is 22.3 Å². The minimum atomic E-state index is -0.363. The lowest BCUT2D eigenvalue weighted by atomic mass is 10.0. The van der Waals surface area contributed by atoms with Gasteiger partial charge in [0.1, 0.15) is 17.8 Å². The SMILES string of the molecule is O=C(Nc1ccccn1)c1cccc2c(=O)n3c(nc12)-c1ccccc1N1CCOCC13. The topological polar surface area (TPSA) is 89.3 Å². The van der Waals surface area contributed by atoms with Crippen molar-refractivity contribution in [1.29, 1.82) is 0 Å². The standard InChI is InChI=1S/C24H19N5O3/c30-23(26-19-10-3-4-11-25-19)16-7-5-8-17-21(16)27-22-15-6-1-2-9-18(15)28-12-13-32-14-20(28)29(22)24(17)31/h1-11,20H,12-14H2,(H,25,26,30). The van der Waals surface area contributed by atoms with E-state index in [1.165, 1.54) is 0 Å². The molecule has 2 aromatic heterocycles. The summed E-state index contributed by atoms with van der Waals surface area (Å²) in [5, 5.41) is 3.18. The van der Waals surface area contributed by atoms with Crippen LogP contribution in [-0.2, 0) is 4.74 Å². The number of ether oxygens (including phenoxy) is 1. The summed E-state index contributed by atoms with van der Waals surface area (Å²) in [6, 6.07) is 18.3. The van der Waals surface area contributed by atoms with Gasteiger partial charge in [-0.15, -0.1) is 0 Å². The smallest absolute Gasteiger partial charge is 0.263 e. The quantitative estimate of drug-likeness (QED) is 0.531. The van der Waals surface area contributed by atoms with Crippen LogP contribution in [0.2, 0.25) is 0 Å². The molecule has 0 bridgehead atoms. The minimum absolute atomic E-state index is 0.188. The van der Waals surface area contributed by atoms with Crippen LogP contribution in [0.4, 0.5) is 11.5 Å². The normalized spacial score (nSPS) is 16.8. The zero-order chi connectivity index (χ0) is 21.7. The molecule has 0 saturated carbocycles. The van der Waals surface area contributed by atoms with Crippen molar-refractivity contribution >= 4 is 28.3 Å². The number of carbonyl (C=O) groups excluding carboxylic acids is 1. The molecule has 4 heterocycles. The molecule has 1 N–H and O–H groups in total. The molecule has 1 atom stereocenters. The maximum Gasteiger partial charge on any atom is 0.263 e. The second-order valence-corrected chi connectivity index (χ2v) is 7.75. The Labute approximate surface area is 183 Å². The molecule has 0 aliphatic carbocycles. The zero-order valence-corrected chi connectivity index (χ0v) is 17.1. The number of anilines is 2. The van der Waals surface area contributed by atoms with Crippen LogP contribution >= 0.6 is 0 Å². The van der Waals surface area contributed by atoms with Gasteiger partial charge in [0.05, 0.1) is 29.7 Å². The van der Waals surface area contributed by atoms with Crippen molar-refractivity contribution in [2.75, 3.05) is 30.0 Å². The third kappa shape index (κ3) is 2.80. The molecule has 1 amide bonds. The number of morpholine rings is 1. The number of aromatic nitrogens is 3. The maximum absolute atomic E-state index is 13.7. The van der Waals surface area contributed by atoms with Gasteiger partial charge in [0, 0.05) is 24.0 Å². The number of benzene rings is 2. The Balaban J connectivity index is 1.57. The van der Waals surface area contributed by atoms with Crippen LogP contribution in [-0.4, -0.2) is 40.2 Å². The second-order valence-electron chi connectivity index (χ2n) is 7.75. The highest BCUT2D eigenvalue weighted by Crippen LogP contribution is 2.40. The first-order valence-corrected chi connectivity index (χ1v) is 10.4. The van der Waals surface area contributed by atoms with Crippen molar-refractivity contribution in [3.05, 3.63) is 82.8 Å². The molecule has 32 heavy (non-hydrogen) atoms. The average molecular weight is 425 g/mol. The molecular weight excluding hydrogens is 406 g/mol. The molecule has 2 aliphatic heterocycles. The monoisotopic (exact) mass is 425 g/mol. The van der Waals surface area contributed by atoms with Crippen molar-refractivity contribution in [2.45, 2.75) is 6.17 Å². The number of hydrogen-bond donors (Lipinski definition) is 1. The van der Waals surface area contributed by atoms with Crippen LogP contribution in [0, 0.1) is 0 Å². The van der Waals surface area contributed by atoms with Crippen LogP contribution in [0.3, 0.4) is 0 Å². The Morgan fingerprint density at radius 2 is 1.94 bits per heavy atom. The Bertz CT molecular complexity index is 1420. The third-order valence-corrected chi connectivity index (χ3v) is 5.94. The van der Waals surface area contributed by atoms with Gasteiger partial charge < -0.3 is 15.0 Å². The van der Waals surface area contributed by atoms with Gasteiger partial charge in [0.15, 0.2) is 0 Å². The molecule has 1 saturated heterocycles. The highest BCUT2D eigenvalue weighted by molar-refractivity contribution is 6.11. The van der Waals surface area contributed by atoms with E-state index in [1.54, 1.807) is 47.2 Å². The molecule has 0 spiro atoms. The first-order chi connectivity index (χ1) is 15.7. The Morgan fingerprint density at radius 3 is 2.81 bits per heavy atom. The fourth-order valence-electron chi connectivity index (χ4n) is 4.49. The minimum Gasteiger partial charge on any atom is -0.375 e. The number of amides is 1. The predicted octanol–water partition coefficient (Wildman–Crippen LogP) is 3.06. The van der Waals surface area contributed by atoms with Gasteiger partial charge in [-0.25, -0.2) is 9.97 Å². The van der Waals surface area contributed by atoms with Crippen LogP contribution in [0.5, 0.6) is 0 Å². The molecule has 2 aliphatic rings. The van der Waals surface area contributed by atoms with Gasteiger partial charge in [0.2, 0.25) is 0 Å². The third-order valence-electron chi connectivity index (χ3n) is 5.94. The van der Waals surface area contributed by atoms with E-state index < -0.39 is 0 Å². The number of nitrogens with one attached hydrogen (secondary N) is 1. The van der Waals surface area contributed by atoms with E-state index in [0.29, 0.717) is 47.9 Å². The molecule has 8 heteroatoms. The highest BCUT2D eigenvalue weighted by Gasteiger charge is 2.35. The summed E-state index contributed by atoms with van der Waals surface area (Å²) in [5.41, 5.74) is 2.39. The predicted molar refractivity (Wildman–Crippen MR) is 121 cm³/mol. The highest BCUT2D eigenvalue weighted by atomic mass is 16.5. The molecule has 1 fully saturated rings. The van der Waals surface area contributed by atoms with E-state index >= 15 is 0 Å². The van der Waals surface area contributed by atoms with E-state index in [1.807, 2.05) is 24.3 Å². The fourth-order valence-corrected chi connectivity index (χ4v) is 4.49. The number of hydrogen-bond acceptors (Lipinski definition) is 6. The Morgan fingerprint density at radius 1 is 1.06 bits per heavy atom.